The summed E-state index contributed by atoms with van der Waals surface area (Å²) >= 11 is 0. The van der Waals surface area contributed by atoms with E-state index in [1.807, 2.05) is 13.8 Å². The highest BCUT2D eigenvalue weighted by Crippen LogP contribution is 2.42. The Morgan fingerprint density at radius 3 is 2.00 bits per heavy atom. The third-order valence-corrected chi connectivity index (χ3v) is 3.23. The molecule has 2 fully saturated rings. The molecule has 1 aliphatic heterocycles. The van der Waals surface area contributed by atoms with E-state index in [4.69, 9.17) is 0 Å². The third kappa shape index (κ3) is 2.44. The van der Waals surface area contributed by atoms with Crippen LogP contribution in [0.15, 0.2) is 0 Å². The highest BCUT2D eigenvalue weighted by Gasteiger charge is 2.42. The highest BCUT2D eigenvalue weighted by atomic mass is 16.3. The van der Waals surface area contributed by atoms with Crippen molar-refractivity contribution >= 4 is 0 Å². The first-order valence-corrected chi connectivity index (χ1v) is 5.57. The van der Waals surface area contributed by atoms with Gasteiger partial charge >= 0.3 is 0 Å². The average Bonchev–Trinajstić information content (AvgIpc) is 2.11. The summed E-state index contributed by atoms with van der Waals surface area (Å²) in [7, 11) is 2.18. The van der Waals surface area contributed by atoms with Gasteiger partial charge in [0.2, 0.25) is 0 Å². The Bertz CT molecular complexity index is 142. The number of aliphatic hydroxyl groups excluding tert-OH is 1. The third-order valence-electron chi connectivity index (χ3n) is 3.23. The molecule has 0 atom stereocenters. The van der Waals surface area contributed by atoms with Crippen LogP contribution >= 0.6 is 0 Å². The van der Waals surface area contributed by atoms with Gasteiger partial charge in [-0.05, 0) is 38.1 Å². The van der Waals surface area contributed by atoms with E-state index in [9.17, 15) is 5.11 Å². The molecule has 1 spiro atoms. The van der Waals surface area contributed by atoms with E-state index in [1.165, 1.54) is 25.9 Å². The molecule has 2 nitrogen and oxygen atoms in total. The number of rotatable bonds is 0. The second-order valence-electron chi connectivity index (χ2n) is 4.40. The lowest BCUT2D eigenvalue weighted by Crippen LogP contribution is -2.55. The lowest BCUT2D eigenvalue weighted by atomic mass is 9.68. The monoisotopic (exact) mass is 185 g/mol. The summed E-state index contributed by atoms with van der Waals surface area (Å²) in [6.07, 6.45) is 4.57. The molecule has 1 heterocycles. The van der Waals surface area contributed by atoms with Gasteiger partial charge in [0.25, 0.3) is 0 Å². The van der Waals surface area contributed by atoms with Crippen molar-refractivity contribution in [3.63, 3.8) is 0 Å². The highest BCUT2D eigenvalue weighted by molar-refractivity contribution is 4.96. The van der Waals surface area contributed by atoms with Crippen molar-refractivity contribution < 1.29 is 5.11 Å². The SMILES string of the molecule is CC.CN1CC2(CCC(O)CC2)C1. The van der Waals surface area contributed by atoms with Crippen molar-refractivity contribution in [3.8, 4) is 0 Å². The van der Waals surface area contributed by atoms with Crippen molar-refractivity contribution in [2.75, 3.05) is 20.1 Å². The summed E-state index contributed by atoms with van der Waals surface area (Å²) in [5.41, 5.74) is 0.619. The van der Waals surface area contributed by atoms with Crippen LogP contribution in [0.2, 0.25) is 0 Å². The Balaban J connectivity index is 0.000000396. The van der Waals surface area contributed by atoms with Gasteiger partial charge in [-0.2, -0.15) is 0 Å². The van der Waals surface area contributed by atoms with Crippen molar-refractivity contribution in [1.82, 2.24) is 4.90 Å². The van der Waals surface area contributed by atoms with Crippen LogP contribution in [0.5, 0.6) is 0 Å². The zero-order valence-electron chi connectivity index (χ0n) is 9.21. The Morgan fingerprint density at radius 2 is 1.62 bits per heavy atom. The molecule has 0 unspecified atom stereocenters. The molecule has 0 aromatic heterocycles. The van der Waals surface area contributed by atoms with Crippen LogP contribution < -0.4 is 0 Å². The fraction of sp³-hybridized carbons (Fsp3) is 1.00. The summed E-state index contributed by atoms with van der Waals surface area (Å²) in [4.78, 5) is 2.37. The van der Waals surface area contributed by atoms with Gasteiger partial charge in [0, 0.05) is 13.1 Å². The number of nitrogens with zero attached hydrogens (tertiary/aromatic N) is 1. The summed E-state index contributed by atoms with van der Waals surface area (Å²) in [6.45, 7) is 6.53. The van der Waals surface area contributed by atoms with Gasteiger partial charge in [-0.25, -0.2) is 0 Å². The van der Waals surface area contributed by atoms with E-state index in [0.717, 1.165) is 12.8 Å². The van der Waals surface area contributed by atoms with E-state index in [0.29, 0.717) is 5.41 Å². The number of hydrogen-bond donors (Lipinski definition) is 1. The normalized spacial score (nSPS) is 27.7. The Labute approximate surface area is 81.9 Å². The van der Waals surface area contributed by atoms with E-state index < -0.39 is 0 Å². The molecule has 2 rings (SSSR count). The standard InChI is InChI=1S/C9H17NO.C2H6/c1-10-6-9(7-10)4-2-8(11)3-5-9;1-2/h8,11H,2-7H2,1H3;1-2H3. The van der Waals surface area contributed by atoms with Gasteiger partial charge in [-0.3, -0.25) is 0 Å². The zero-order chi connectivity index (χ0) is 9.90. The molecule has 1 aliphatic carbocycles. The van der Waals surface area contributed by atoms with Crippen molar-refractivity contribution in [2.45, 2.75) is 45.6 Å². The van der Waals surface area contributed by atoms with Gasteiger partial charge in [0.05, 0.1) is 6.10 Å². The molecule has 1 N–H and O–H groups in total. The molecular formula is C11H23NO. The van der Waals surface area contributed by atoms with Gasteiger partial charge in [0.15, 0.2) is 0 Å². The molecule has 2 heteroatoms. The van der Waals surface area contributed by atoms with Crippen molar-refractivity contribution in [3.05, 3.63) is 0 Å². The zero-order valence-corrected chi connectivity index (χ0v) is 9.21. The van der Waals surface area contributed by atoms with Crippen molar-refractivity contribution in [1.29, 1.82) is 0 Å². The van der Waals surface area contributed by atoms with Crippen LogP contribution in [0.4, 0.5) is 0 Å². The van der Waals surface area contributed by atoms with Gasteiger partial charge in [-0.15, -0.1) is 0 Å². The topological polar surface area (TPSA) is 23.5 Å². The molecule has 1 saturated carbocycles. The lowest BCUT2D eigenvalue weighted by molar-refractivity contribution is -0.0401. The molecule has 78 valence electrons. The second kappa shape index (κ2) is 4.43. The minimum Gasteiger partial charge on any atom is -0.393 e. The van der Waals surface area contributed by atoms with Crippen LogP contribution in [0, 0.1) is 5.41 Å². The minimum absolute atomic E-state index is 0.00605. The van der Waals surface area contributed by atoms with E-state index >= 15 is 0 Å². The van der Waals surface area contributed by atoms with Crippen LogP contribution in [0.25, 0.3) is 0 Å². The van der Waals surface area contributed by atoms with Crippen molar-refractivity contribution in [2.24, 2.45) is 5.41 Å². The van der Waals surface area contributed by atoms with Gasteiger partial charge in [0.1, 0.15) is 0 Å². The van der Waals surface area contributed by atoms with Crippen LogP contribution in [0.1, 0.15) is 39.5 Å². The summed E-state index contributed by atoms with van der Waals surface area (Å²) < 4.78 is 0. The quantitative estimate of drug-likeness (QED) is 0.623. The van der Waals surface area contributed by atoms with E-state index in [2.05, 4.69) is 11.9 Å². The first-order valence-electron chi connectivity index (χ1n) is 5.57. The molecule has 0 aromatic rings. The number of aliphatic hydroxyl groups is 1. The van der Waals surface area contributed by atoms with Crippen LogP contribution in [-0.2, 0) is 0 Å². The Morgan fingerprint density at radius 1 is 1.15 bits per heavy atom. The molecule has 0 amide bonds. The van der Waals surface area contributed by atoms with Gasteiger partial charge in [-0.1, -0.05) is 13.8 Å². The molecule has 1 saturated heterocycles. The minimum atomic E-state index is 0.00605. The number of hydrogen-bond acceptors (Lipinski definition) is 2. The largest absolute Gasteiger partial charge is 0.393 e. The number of likely N-dealkylation sites (tertiary alicyclic amines) is 1. The predicted molar refractivity (Wildman–Crippen MR) is 55.8 cm³/mol. The lowest BCUT2D eigenvalue weighted by Gasteiger charge is -2.51. The van der Waals surface area contributed by atoms with E-state index in [1.54, 1.807) is 0 Å². The maximum Gasteiger partial charge on any atom is 0.0540 e. The molecule has 0 radical (unpaired) electrons. The smallest absolute Gasteiger partial charge is 0.0540 e. The van der Waals surface area contributed by atoms with Crippen LogP contribution in [-0.4, -0.2) is 36.2 Å². The molecule has 2 aliphatic rings. The fourth-order valence-corrected chi connectivity index (χ4v) is 2.63. The molecule has 0 aromatic carbocycles. The average molecular weight is 185 g/mol. The molecular weight excluding hydrogens is 162 g/mol. The Kier molecular flexibility index (Phi) is 3.74. The van der Waals surface area contributed by atoms with E-state index in [-0.39, 0.29) is 6.10 Å². The first kappa shape index (κ1) is 11.0. The first-order chi connectivity index (χ1) is 6.20. The second-order valence-corrected chi connectivity index (χ2v) is 4.40. The van der Waals surface area contributed by atoms with Gasteiger partial charge < -0.3 is 10.0 Å². The summed E-state index contributed by atoms with van der Waals surface area (Å²) in [5, 5.41) is 9.31. The summed E-state index contributed by atoms with van der Waals surface area (Å²) in [6, 6.07) is 0. The maximum absolute atomic E-state index is 9.31. The maximum atomic E-state index is 9.31. The molecule has 13 heavy (non-hydrogen) atoms. The summed E-state index contributed by atoms with van der Waals surface area (Å²) in [5.74, 6) is 0. The fourth-order valence-electron chi connectivity index (χ4n) is 2.63. The predicted octanol–water partition coefficient (Wildman–Crippen LogP) is 1.88. The Hall–Kier alpha value is -0.0800. The van der Waals surface area contributed by atoms with Crippen LogP contribution in [0.3, 0.4) is 0 Å². The molecule has 0 bridgehead atoms.